The summed E-state index contributed by atoms with van der Waals surface area (Å²) in [7, 11) is 1.63. The van der Waals surface area contributed by atoms with Crippen molar-refractivity contribution in [3.63, 3.8) is 0 Å². The van der Waals surface area contributed by atoms with Crippen LogP contribution in [0.1, 0.15) is 31.2 Å². The van der Waals surface area contributed by atoms with E-state index in [4.69, 9.17) is 9.57 Å². The quantitative estimate of drug-likeness (QED) is 0.856. The predicted molar refractivity (Wildman–Crippen MR) is 79.5 cm³/mol. The third-order valence-electron chi connectivity index (χ3n) is 4.02. The lowest BCUT2D eigenvalue weighted by Crippen LogP contribution is -2.42. The molecule has 0 aliphatic carbocycles. The minimum atomic E-state index is -0.468. The van der Waals surface area contributed by atoms with Crippen LogP contribution in [-0.2, 0) is 9.63 Å². The molecule has 0 bridgehead atoms. The van der Waals surface area contributed by atoms with Crippen molar-refractivity contribution in [2.24, 2.45) is 5.16 Å². The summed E-state index contributed by atoms with van der Waals surface area (Å²) in [5.41, 5.74) is 1.76. The third kappa shape index (κ3) is 3.01. The Hall–Kier alpha value is -2.04. The highest BCUT2D eigenvalue weighted by Crippen LogP contribution is 2.22. The van der Waals surface area contributed by atoms with Gasteiger partial charge in [-0.15, -0.1) is 0 Å². The van der Waals surface area contributed by atoms with Crippen molar-refractivity contribution in [3.8, 4) is 5.75 Å². The Labute approximate surface area is 124 Å². The molecule has 112 valence electrons. The number of oxime groups is 1. The van der Waals surface area contributed by atoms with Gasteiger partial charge >= 0.3 is 0 Å². The normalized spacial score (nSPS) is 21.7. The molecule has 1 saturated heterocycles. The summed E-state index contributed by atoms with van der Waals surface area (Å²) in [4.78, 5) is 19.7. The van der Waals surface area contributed by atoms with Crippen LogP contribution in [-0.4, -0.2) is 42.8 Å². The molecule has 2 heterocycles. The van der Waals surface area contributed by atoms with Gasteiger partial charge < -0.3 is 14.5 Å². The molecule has 1 atom stereocenters. The molecule has 1 aromatic carbocycles. The van der Waals surface area contributed by atoms with Gasteiger partial charge in [-0.25, -0.2) is 0 Å². The lowest BCUT2D eigenvalue weighted by molar-refractivity contribution is -0.143. The van der Waals surface area contributed by atoms with Crippen molar-refractivity contribution < 1.29 is 14.4 Å². The van der Waals surface area contributed by atoms with Gasteiger partial charge in [0.25, 0.3) is 5.91 Å². The smallest absolute Gasteiger partial charge is 0.266 e. The number of carbonyl (C=O) groups excluding carboxylic acids is 1. The van der Waals surface area contributed by atoms with Gasteiger partial charge in [0.15, 0.2) is 0 Å². The second-order valence-electron chi connectivity index (χ2n) is 5.45. The summed E-state index contributed by atoms with van der Waals surface area (Å²) in [6, 6.07) is 7.67. The van der Waals surface area contributed by atoms with E-state index in [9.17, 15) is 4.79 Å². The van der Waals surface area contributed by atoms with Crippen LogP contribution in [0.25, 0.3) is 0 Å². The van der Waals surface area contributed by atoms with Crippen LogP contribution in [0.2, 0.25) is 0 Å². The SMILES string of the molecule is COc1cccc(C2=NO[C@@H](C(=O)N3CCCCC3)C2)c1. The first kappa shape index (κ1) is 13.9. The average molecular weight is 288 g/mol. The minimum absolute atomic E-state index is 0.0661. The van der Waals surface area contributed by atoms with E-state index in [-0.39, 0.29) is 5.91 Å². The number of hydrogen-bond donors (Lipinski definition) is 0. The van der Waals surface area contributed by atoms with Crippen molar-refractivity contribution >= 4 is 11.6 Å². The van der Waals surface area contributed by atoms with E-state index in [0.717, 1.165) is 43.0 Å². The molecule has 2 aliphatic rings. The van der Waals surface area contributed by atoms with Crippen molar-refractivity contribution in [1.82, 2.24) is 4.90 Å². The van der Waals surface area contributed by atoms with Crippen molar-refractivity contribution in [2.75, 3.05) is 20.2 Å². The second-order valence-corrected chi connectivity index (χ2v) is 5.45. The van der Waals surface area contributed by atoms with Crippen LogP contribution in [0.3, 0.4) is 0 Å². The first-order valence-electron chi connectivity index (χ1n) is 7.44. The molecule has 3 rings (SSSR count). The molecule has 0 radical (unpaired) electrons. The fraction of sp³-hybridized carbons (Fsp3) is 0.500. The lowest BCUT2D eigenvalue weighted by atomic mass is 10.0. The maximum atomic E-state index is 12.4. The topological polar surface area (TPSA) is 51.1 Å². The molecule has 0 unspecified atom stereocenters. The Morgan fingerprint density at radius 3 is 2.90 bits per heavy atom. The summed E-state index contributed by atoms with van der Waals surface area (Å²) in [6.45, 7) is 1.68. The number of carbonyl (C=O) groups is 1. The fourth-order valence-corrected chi connectivity index (χ4v) is 2.80. The van der Waals surface area contributed by atoms with Crippen molar-refractivity contribution in [2.45, 2.75) is 31.8 Å². The molecule has 21 heavy (non-hydrogen) atoms. The zero-order valence-corrected chi connectivity index (χ0v) is 12.2. The highest BCUT2D eigenvalue weighted by atomic mass is 16.6. The molecule has 5 heteroatoms. The Bertz CT molecular complexity index is 550. The number of likely N-dealkylation sites (tertiary alicyclic amines) is 1. The highest BCUT2D eigenvalue weighted by molar-refractivity contribution is 6.04. The molecule has 5 nitrogen and oxygen atoms in total. The van der Waals surface area contributed by atoms with E-state index in [1.54, 1.807) is 7.11 Å². The largest absolute Gasteiger partial charge is 0.497 e. The van der Waals surface area contributed by atoms with Gasteiger partial charge in [0.1, 0.15) is 5.75 Å². The number of nitrogens with zero attached hydrogens (tertiary/aromatic N) is 2. The van der Waals surface area contributed by atoms with Gasteiger partial charge in [-0.05, 0) is 31.4 Å². The maximum Gasteiger partial charge on any atom is 0.266 e. The van der Waals surface area contributed by atoms with Crippen LogP contribution in [0.5, 0.6) is 5.75 Å². The van der Waals surface area contributed by atoms with Crippen LogP contribution < -0.4 is 4.74 Å². The van der Waals surface area contributed by atoms with Crippen molar-refractivity contribution in [3.05, 3.63) is 29.8 Å². The van der Waals surface area contributed by atoms with E-state index in [1.807, 2.05) is 29.2 Å². The molecule has 0 N–H and O–H groups in total. The van der Waals surface area contributed by atoms with E-state index in [0.29, 0.717) is 6.42 Å². The molecular formula is C16H20N2O3. The van der Waals surface area contributed by atoms with E-state index < -0.39 is 6.10 Å². The van der Waals surface area contributed by atoms with Crippen LogP contribution in [0.4, 0.5) is 0 Å². The molecule has 0 aromatic heterocycles. The van der Waals surface area contributed by atoms with Crippen LogP contribution in [0, 0.1) is 0 Å². The summed E-state index contributed by atoms with van der Waals surface area (Å²) >= 11 is 0. The third-order valence-corrected chi connectivity index (χ3v) is 4.02. The van der Waals surface area contributed by atoms with Gasteiger partial charge in [0, 0.05) is 25.1 Å². The number of rotatable bonds is 3. The molecule has 1 aromatic rings. The Kier molecular flexibility index (Phi) is 4.08. The molecule has 1 fully saturated rings. The highest BCUT2D eigenvalue weighted by Gasteiger charge is 2.32. The van der Waals surface area contributed by atoms with Crippen LogP contribution in [0.15, 0.2) is 29.4 Å². The number of benzene rings is 1. The number of amides is 1. The zero-order valence-electron chi connectivity index (χ0n) is 12.2. The zero-order chi connectivity index (χ0) is 14.7. The monoisotopic (exact) mass is 288 g/mol. The number of methoxy groups -OCH3 is 1. The van der Waals surface area contributed by atoms with Gasteiger partial charge in [-0.3, -0.25) is 4.79 Å². The maximum absolute atomic E-state index is 12.4. The van der Waals surface area contributed by atoms with Crippen molar-refractivity contribution in [1.29, 1.82) is 0 Å². The summed E-state index contributed by atoms with van der Waals surface area (Å²) in [5.74, 6) is 0.845. The Morgan fingerprint density at radius 1 is 1.33 bits per heavy atom. The van der Waals surface area contributed by atoms with E-state index in [1.165, 1.54) is 6.42 Å². The summed E-state index contributed by atoms with van der Waals surface area (Å²) in [6.07, 6.45) is 3.44. The Morgan fingerprint density at radius 2 is 2.14 bits per heavy atom. The molecule has 1 amide bonds. The number of ether oxygens (including phenoxy) is 1. The van der Waals surface area contributed by atoms with Gasteiger partial charge in [0.05, 0.1) is 12.8 Å². The van der Waals surface area contributed by atoms with Crippen LogP contribution >= 0.6 is 0 Å². The first-order valence-corrected chi connectivity index (χ1v) is 7.44. The Balaban J connectivity index is 1.65. The standard InChI is InChI=1S/C16H20N2O3/c1-20-13-7-5-6-12(10-13)14-11-15(21-17-14)16(19)18-8-3-2-4-9-18/h5-7,10,15H,2-4,8-9,11H2,1H3/t15-/m1/s1. The minimum Gasteiger partial charge on any atom is -0.497 e. The summed E-state index contributed by atoms with van der Waals surface area (Å²) in [5, 5.41) is 4.09. The fourth-order valence-electron chi connectivity index (χ4n) is 2.80. The number of piperidine rings is 1. The molecule has 0 spiro atoms. The van der Waals surface area contributed by atoms with E-state index in [2.05, 4.69) is 5.16 Å². The summed E-state index contributed by atoms with van der Waals surface area (Å²) < 4.78 is 5.21. The van der Waals surface area contributed by atoms with Gasteiger partial charge in [-0.2, -0.15) is 0 Å². The number of hydrogen-bond acceptors (Lipinski definition) is 4. The first-order chi connectivity index (χ1) is 10.3. The van der Waals surface area contributed by atoms with E-state index >= 15 is 0 Å². The predicted octanol–water partition coefficient (Wildman–Crippen LogP) is 2.20. The van der Waals surface area contributed by atoms with Gasteiger partial charge in [0.2, 0.25) is 6.10 Å². The molecular weight excluding hydrogens is 268 g/mol. The second kappa shape index (κ2) is 6.16. The molecule has 0 saturated carbocycles. The lowest BCUT2D eigenvalue weighted by Gasteiger charge is -2.28. The molecule has 2 aliphatic heterocycles. The van der Waals surface area contributed by atoms with Gasteiger partial charge in [-0.1, -0.05) is 17.3 Å². The average Bonchev–Trinajstić information content (AvgIpc) is 3.05.